The molecule has 1 aromatic carbocycles. The molecule has 1 amide bonds. The Hall–Kier alpha value is -1.66. The highest BCUT2D eigenvalue weighted by molar-refractivity contribution is 6.39. The lowest BCUT2D eigenvalue weighted by atomic mass is 9.90. The largest absolute Gasteiger partial charge is 0.368 e. The molecule has 5 nitrogen and oxygen atoms in total. The van der Waals surface area contributed by atoms with E-state index in [1.54, 1.807) is 11.8 Å². The van der Waals surface area contributed by atoms with Crippen molar-refractivity contribution in [1.29, 1.82) is 0 Å². The SMILES string of the molecule is CC1C(=O)c2cc(F)c(N3CCCCC3)c(Cl)c2N(C2CC2)C1=O.CN. The number of nitrogens with zero attached hydrogens (tertiary/aromatic N) is 2. The van der Waals surface area contributed by atoms with Gasteiger partial charge < -0.3 is 15.5 Å². The van der Waals surface area contributed by atoms with E-state index in [-0.39, 0.29) is 28.3 Å². The fourth-order valence-corrected chi connectivity index (χ4v) is 4.19. The van der Waals surface area contributed by atoms with Gasteiger partial charge in [0.2, 0.25) is 5.91 Å². The van der Waals surface area contributed by atoms with Gasteiger partial charge in [0.1, 0.15) is 5.82 Å². The molecule has 1 aromatic rings. The molecule has 2 N–H and O–H groups in total. The molecule has 0 radical (unpaired) electrons. The number of hydrogen-bond donors (Lipinski definition) is 1. The lowest BCUT2D eigenvalue weighted by Gasteiger charge is -2.36. The molecule has 142 valence electrons. The summed E-state index contributed by atoms with van der Waals surface area (Å²) in [5, 5.41) is 0.215. The van der Waals surface area contributed by atoms with Crippen molar-refractivity contribution < 1.29 is 14.0 Å². The summed E-state index contributed by atoms with van der Waals surface area (Å²) in [5.74, 6) is -1.79. The number of rotatable bonds is 2. The van der Waals surface area contributed by atoms with E-state index >= 15 is 0 Å². The predicted molar refractivity (Wildman–Crippen MR) is 102 cm³/mol. The first kappa shape index (κ1) is 19.1. The normalized spacial score (nSPS) is 22.7. The number of halogens is 2. The highest BCUT2D eigenvalue weighted by Crippen LogP contribution is 2.47. The summed E-state index contributed by atoms with van der Waals surface area (Å²) < 4.78 is 14.8. The highest BCUT2D eigenvalue weighted by atomic mass is 35.5. The van der Waals surface area contributed by atoms with E-state index in [1.807, 2.05) is 4.90 Å². The molecule has 0 bridgehead atoms. The fraction of sp³-hybridized carbons (Fsp3) is 0.579. The minimum Gasteiger partial charge on any atom is -0.368 e. The van der Waals surface area contributed by atoms with Crippen LogP contribution in [0.4, 0.5) is 15.8 Å². The second-order valence-corrected chi connectivity index (χ2v) is 7.37. The van der Waals surface area contributed by atoms with E-state index < -0.39 is 11.7 Å². The van der Waals surface area contributed by atoms with E-state index in [0.717, 1.165) is 45.2 Å². The van der Waals surface area contributed by atoms with Crippen LogP contribution < -0.4 is 15.5 Å². The summed E-state index contributed by atoms with van der Waals surface area (Å²) in [7, 11) is 1.50. The van der Waals surface area contributed by atoms with Crippen molar-refractivity contribution >= 4 is 34.7 Å². The predicted octanol–water partition coefficient (Wildman–Crippen LogP) is 3.37. The highest BCUT2D eigenvalue weighted by Gasteiger charge is 2.45. The second-order valence-electron chi connectivity index (χ2n) is 6.99. The lowest BCUT2D eigenvalue weighted by Crippen LogP contribution is -2.45. The Morgan fingerprint density at radius 2 is 1.73 bits per heavy atom. The molecular weight excluding hydrogens is 357 g/mol. The third-order valence-electron chi connectivity index (χ3n) is 5.26. The molecule has 1 atom stereocenters. The molecule has 4 rings (SSSR count). The zero-order valence-electron chi connectivity index (χ0n) is 15.2. The van der Waals surface area contributed by atoms with Gasteiger partial charge in [-0.15, -0.1) is 0 Å². The molecule has 2 fully saturated rings. The van der Waals surface area contributed by atoms with Crippen LogP contribution in [0.5, 0.6) is 0 Å². The number of anilines is 2. The van der Waals surface area contributed by atoms with E-state index in [9.17, 15) is 14.0 Å². The lowest BCUT2D eigenvalue weighted by molar-refractivity contribution is -0.121. The van der Waals surface area contributed by atoms with Gasteiger partial charge in [-0.3, -0.25) is 9.59 Å². The van der Waals surface area contributed by atoms with Crippen molar-refractivity contribution in [3.63, 3.8) is 0 Å². The molecule has 0 aromatic heterocycles. The first-order valence-electron chi connectivity index (χ1n) is 9.22. The number of carbonyl (C=O) groups excluding carboxylic acids is 2. The molecule has 1 saturated heterocycles. The van der Waals surface area contributed by atoms with Gasteiger partial charge >= 0.3 is 0 Å². The maximum absolute atomic E-state index is 14.8. The topological polar surface area (TPSA) is 66.6 Å². The Morgan fingerprint density at radius 3 is 2.31 bits per heavy atom. The molecule has 0 spiro atoms. The van der Waals surface area contributed by atoms with Gasteiger partial charge in [0, 0.05) is 24.7 Å². The van der Waals surface area contributed by atoms with Gasteiger partial charge in [0.05, 0.1) is 22.3 Å². The maximum Gasteiger partial charge on any atom is 0.237 e. The van der Waals surface area contributed by atoms with E-state index in [0.29, 0.717) is 11.4 Å². The minimum absolute atomic E-state index is 0.0870. The van der Waals surface area contributed by atoms with Gasteiger partial charge in [-0.1, -0.05) is 11.6 Å². The first-order chi connectivity index (χ1) is 12.5. The Balaban J connectivity index is 0.000000948. The molecule has 2 aliphatic heterocycles. The molecule has 1 aliphatic carbocycles. The number of fused-ring (bicyclic) bond motifs is 1. The Kier molecular flexibility index (Phi) is 5.53. The van der Waals surface area contributed by atoms with Crippen molar-refractivity contribution in [2.45, 2.75) is 45.1 Å². The van der Waals surface area contributed by atoms with Crippen molar-refractivity contribution in [1.82, 2.24) is 0 Å². The number of hydrogen-bond acceptors (Lipinski definition) is 4. The zero-order valence-corrected chi connectivity index (χ0v) is 16.0. The van der Waals surface area contributed by atoms with Crippen molar-refractivity contribution in [2.75, 3.05) is 29.9 Å². The van der Waals surface area contributed by atoms with Crippen LogP contribution in [-0.4, -0.2) is 37.9 Å². The Labute approximate surface area is 158 Å². The molecule has 1 saturated carbocycles. The number of piperidine rings is 1. The summed E-state index contributed by atoms with van der Waals surface area (Å²) >= 11 is 6.58. The standard InChI is InChI=1S/C18H20ClFN2O2.CH5N/c1-10-17(23)12-9-13(20)16(21-7-3-2-4-8-21)14(19)15(12)22(18(10)24)11-5-6-11;1-2/h9-11H,2-8H2,1H3;2H2,1H3. The van der Waals surface area contributed by atoms with Crippen molar-refractivity contribution in [2.24, 2.45) is 11.7 Å². The van der Waals surface area contributed by atoms with Crippen LogP contribution in [0.15, 0.2) is 6.07 Å². The van der Waals surface area contributed by atoms with Crippen LogP contribution in [0.25, 0.3) is 0 Å². The quantitative estimate of drug-likeness (QED) is 0.797. The number of carbonyl (C=O) groups is 2. The smallest absolute Gasteiger partial charge is 0.237 e. The van der Waals surface area contributed by atoms with Gasteiger partial charge in [-0.2, -0.15) is 0 Å². The average Bonchev–Trinajstić information content (AvgIpc) is 3.49. The van der Waals surface area contributed by atoms with Gasteiger partial charge in [-0.25, -0.2) is 4.39 Å². The number of benzene rings is 1. The second kappa shape index (κ2) is 7.53. The zero-order chi connectivity index (χ0) is 19.0. The number of ketones is 1. The number of nitrogens with two attached hydrogens (primary N) is 1. The van der Waals surface area contributed by atoms with Crippen LogP contribution in [0.2, 0.25) is 5.02 Å². The van der Waals surface area contributed by atoms with Crippen LogP contribution in [-0.2, 0) is 4.79 Å². The van der Waals surface area contributed by atoms with Crippen molar-refractivity contribution in [3.8, 4) is 0 Å². The summed E-state index contributed by atoms with van der Waals surface area (Å²) in [6, 6.07) is 1.37. The molecule has 26 heavy (non-hydrogen) atoms. The fourth-order valence-electron chi connectivity index (χ4n) is 3.79. The van der Waals surface area contributed by atoms with Crippen LogP contribution in [0.1, 0.15) is 49.4 Å². The number of Topliss-reactive ketones (excluding diaryl/α,β-unsaturated/α-hetero) is 1. The van der Waals surface area contributed by atoms with Crippen LogP contribution in [0, 0.1) is 11.7 Å². The monoisotopic (exact) mass is 381 g/mol. The third kappa shape index (κ3) is 3.09. The molecular formula is C19H25ClFN3O2. The van der Waals surface area contributed by atoms with Gasteiger partial charge in [0.15, 0.2) is 5.78 Å². The summed E-state index contributed by atoms with van der Waals surface area (Å²) in [6.45, 7) is 3.08. The number of amides is 1. The molecule has 1 unspecified atom stereocenters. The van der Waals surface area contributed by atoms with Crippen LogP contribution >= 0.6 is 11.6 Å². The van der Waals surface area contributed by atoms with Crippen molar-refractivity contribution in [3.05, 3.63) is 22.5 Å². The summed E-state index contributed by atoms with van der Waals surface area (Å²) in [4.78, 5) is 28.8. The van der Waals surface area contributed by atoms with Gasteiger partial charge in [-0.05, 0) is 52.1 Å². The Bertz CT molecular complexity index is 730. The van der Waals surface area contributed by atoms with E-state index in [4.69, 9.17) is 11.6 Å². The van der Waals surface area contributed by atoms with Gasteiger partial charge in [0.25, 0.3) is 0 Å². The maximum atomic E-state index is 14.8. The third-order valence-corrected chi connectivity index (χ3v) is 5.62. The van der Waals surface area contributed by atoms with Crippen LogP contribution in [0.3, 0.4) is 0 Å². The molecule has 3 aliphatic rings. The molecule has 2 heterocycles. The van der Waals surface area contributed by atoms with E-state index in [2.05, 4.69) is 5.73 Å². The first-order valence-corrected chi connectivity index (χ1v) is 9.60. The molecule has 7 heteroatoms. The minimum atomic E-state index is -0.769. The Morgan fingerprint density at radius 1 is 1.12 bits per heavy atom. The average molecular weight is 382 g/mol. The summed E-state index contributed by atoms with van der Waals surface area (Å²) in [5.41, 5.74) is 5.52. The van der Waals surface area contributed by atoms with E-state index in [1.165, 1.54) is 13.1 Å². The summed E-state index contributed by atoms with van der Waals surface area (Å²) in [6.07, 6.45) is 4.92.